The number of methoxy groups -OCH3 is 4. The molecule has 0 amide bonds. The Morgan fingerprint density at radius 1 is 0.828 bits per heavy atom. The van der Waals surface area contributed by atoms with Crippen molar-refractivity contribution >= 4 is 5.96 Å². The van der Waals surface area contributed by atoms with Crippen molar-refractivity contribution < 1.29 is 18.9 Å². The van der Waals surface area contributed by atoms with Crippen LogP contribution in [0, 0.1) is 0 Å². The molecule has 0 aromatic heterocycles. The third-order valence-electron chi connectivity index (χ3n) is 4.50. The van der Waals surface area contributed by atoms with Crippen LogP contribution in [0.15, 0.2) is 41.4 Å². The van der Waals surface area contributed by atoms with Crippen LogP contribution in [-0.2, 0) is 13.0 Å². The molecule has 2 N–H and O–H groups in total. The van der Waals surface area contributed by atoms with Crippen LogP contribution in [0.5, 0.6) is 23.0 Å². The largest absolute Gasteiger partial charge is 0.497 e. The molecule has 2 aromatic carbocycles. The zero-order chi connectivity index (χ0) is 21.1. The molecule has 2 aromatic rings. The maximum atomic E-state index is 5.40. The summed E-state index contributed by atoms with van der Waals surface area (Å²) >= 11 is 0. The van der Waals surface area contributed by atoms with Gasteiger partial charge in [0.25, 0.3) is 0 Å². The molecule has 0 bridgehead atoms. The number of benzene rings is 2. The number of hydrogen-bond donors (Lipinski definition) is 2. The molecule has 0 spiro atoms. The maximum Gasteiger partial charge on any atom is 0.203 e. The molecule has 0 heterocycles. The predicted molar refractivity (Wildman–Crippen MR) is 116 cm³/mol. The summed E-state index contributed by atoms with van der Waals surface area (Å²) in [5.41, 5.74) is 2.29. The lowest BCUT2D eigenvalue weighted by molar-refractivity contribution is 0.323. The Kier molecular flexibility index (Phi) is 8.95. The van der Waals surface area contributed by atoms with Gasteiger partial charge in [0.2, 0.25) is 5.75 Å². The Hall–Kier alpha value is -3.09. The van der Waals surface area contributed by atoms with E-state index in [2.05, 4.69) is 27.8 Å². The summed E-state index contributed by atoms with van der Waals surface area (Å²) in [6.45, 7) is 1.40. The fraction of sp³-hybridized carbons (Fsp3) is 0.409. The monoisotopic (exact) mass is 401 g/mol. The highest BCUT2D eigenvalue weighted by atomic mass is 16.5. The lowest BCUT2D eigenvalue weighted by Crippen LogP contribution is -2.37. The SMILES string of the molecule is CN=C(NCCCc1ccc(OC)cc1)NCc1cc(OC)c(OC)c(OC)c1. The van der Waals surface area contributed by atoms with Gasteiger partial charge in [-0.25, -0.2) is 0 Å². The number of ether oxygens (including phenoxy) is 4. The van der Waals surface area contributed by atoms with E-state index in [1.807, 2.05) is 24.3 Å². The van der Waals surface area contributed by atoms with Gasteiger partial charge in [-0.2, -0.15) is 0 Å². The van der Waals surface area contributed by atoms with Crippen molar-refractivity contribution in [3.63, 3.8) is 0 Å². The van der Waals surface area contributed by atoms with Crippen molar-refractivity contribution in [3.8, 4) is 23.0 Å². The van der Waals surface area contributed by atoms with E-state index in [9.17, 15) is 0 Å². The van der Waals surface area contributed by atoms with Crippen LogP contribution in [0.3, 0.4) is 0 Å². The highest BCUT2D eigenvalue weighted by Crippen LogP contribution is 2.38. The molecular formula is C22H31N3O4. The molecular weight excluding hydrogens is 370 g/mol. The first-order chi connectivity index (χ1) is 14.1. The van der Waals surface area contributed by atoms with Crippen LogP contribution < -0.4 is 29.6 Å². The van der Waals surface area contributed by atoms with E-state index < -0.39 is 0 Å². The number of guanidine groups is 1. The third-order valence-corrected chi connectivity index (χ3v) is 4.50. The quantitative estimate of drug-likeness (QED) is 0.362. The molecule has 0 unspecified atom stereocenters. The average molecular weight is 402 g/mol. The van der Waals surface area contributed by atoms with Gasteiger partial charge >= 0.3 is 0 Å². The van der Waals surface area contributed by atoms with E-state index in [0.717, 1.165) is 36.7 Å². The minimum absolute atomic E-state index is 0.578. The molecule has 158 valence electrons. The second-order valence-corrected chi connectivity index (χ2v) is 6.34. The van der Waals surface area contributed by atoms with Crippen molar-refractivity contribution in [1.29, 1.82) is 0 Å². The van der Waals surface area contributed by atoms with Gasteiger partial charge in [-0.3, -0.25) is 4.99 Å². The van der Waals surface area contributed by atoms with Gasteiger partial charge < -0.3 is 29.6 Å². The van der Waals surface area contributed by atoms with Gasteiger partial charge in [-0.1, -0.05) is 12.1 Å². The second-order valence-electron chi connectivity index (χ2n) is 6.34. The minimum Gasteiger partial charge on any atom is -0.497 e. The summed E-state index contributed by atoms with van der Waals surface area (Å²) in [5.74, 6) is 3.47. The smallest absolute Gasteiger partial charge is 0.203 e. The number of aryl methyl sites for hydroxylation is 1. The Balaban J connectivity index is 1.84. The molecule has 2 rings (SSSR count). The first kappa shape index (κ1) is 22.2. The van der Waals surface area contributed by atoms with E-state index in [-0.39, 0.29) is 0 Å². The van der Waals surface area contributed by atoms with Crippen molar-refractivity contribution in [2.45, 2.75) is 19.4 Å². The first-order valence-electron chi connectivity index (χ1n) is 9.51. The van der Waals surface area contributed by atoms with Crippen LogP contribution in [0.25, 0.3) is 0 Å². The van der Waals surface area contributed by atoms with E-state index in [1.165, 1.54) is 5.56 Å². The summed E-state index contributed by atoms with van der Waals surface area (Å²) in [6, 6.07) is 12.0. The number of rotatable bonds is 10. The normalized spacial score (nSPS) is 11.0. The van der Waals surface area contributed by atoms with Gasteiger partial charge in [-0.05, 0) is 48.2 Å². The Bertz CT molecular complexity index is 766. The average Bonchev–Trinajstić information content (AvgIpc) is 2.78. The molecule has 7 nitrogen and oxygen atoms in total. The standard InChI is InChI=1S/C22H31N3O4/c1-23-22(24-12-6-7-16-8-10-18(26-2)11-9-16)25-15-17-13-19(27-3)21(29-5)20(14-17)28-4/h8-11,13-14H,6-7,12,15H2,1-5H3,(H2,23,24,25). The van der Waals surface area contributed by atoms with Crippen molar-refractivity contribution in [2.75, 3.05) is 42.0 Å². The summed E-state index contributed by atoms with van der Waals surface area (Å²) in [5, 5.41) is 6.65. The van der Waals surface area contributed by atoms with Gasteiger partial charge in [0.1, 0.15) is 5.75 Å². The topological polar surface area (TPSA) is 73.3 Å². The molecule has 0 saturated carbocycles. The van der Waals surface area contributed by atoms with Gasteiger partial charge in [0.05, 0.1) is 28.4 Å². The van der Waals surface area contributed by atoms with E-state index >= 15 is 0 Å². The Morgan fingerprint density at radius 2 is 1.48 bits per heavy atom. The molecule has 7 heteroatoms. The summed E-state index contributed by atoms with van der Waals surface area (Å²) in [7, 11) is 8.25. The molecule has 0 fully saturated rings. The lowest BCUT2D eigenvalue weighted by atomic mass is 10.1. The first-order valence-corrected chi connectivity index (χ1v) is 9.51. The van der Waals surface area contributed by atoms with Crippen LogP contribution in [-0.4, -0.2) is 48.0 Å². The zero-order valence-electron chi connectivity index (χ0n) is 17.9. The van der Waals surface area contributed by atoms with Crippen molar-refractivity contribution in [2.24, 2.45) is 4.99 Å². The predicted octanol–water partition coefficient (Wildman–Crippen LogP) is 3.02. The van der Waals surface area contributed by atoms with Crippen LogP contribution in [0.4, 0.5) is 0 Å². The zero-order valence-corrected chi connectivity index (χ0v) is 17.9. The number of aliphatic imine (C=N–C) groups is 1. The summed E-state index contributed by atoms with van der Waals surface area (Å²) in [6.07, 6.45) is 1.98. The van der Waals surface area contributed by atoms with Crippen LogP contribution in [0.2, 0.25) is 0 Å². The third kappa shape index (κ3) is 6.48. The molecule has 0 atom stereocenters. The number of hydrogen-bond acceptors (Lipinski definition) is 5. The van der Waals surface area contributed by atoms with Crippen molar-refractivity contribution in [3.05, 3.63) is 47.5 Å². The molecule has 0 aliphatic carbocycles. The van der Waals surface area contributed by atoms with Gasteiger partial charge in [0, 0.05) is 20.1 Å². The van der Waals surface area contributed by atoms with Crippen LogP contribution >= 0.6 is 0 Å². The molecule has 0 saturated heterocycles. The number of nitrogens with one attached hydrogen (secondary N) is 2. The Labute approximate surface area is 173 Å². The minimum atomic E-state index is 0.578. The van der Waals surface area contributed by atoms with Gasteiger partial charge in [-0.15, -0.1) is 0 Å². The number of nitrogens with zero attached hydrogens (tertiary/aromatic N) is 1. The highest BCUT2D eigenvalue weighted by molar-refractivity contribution is 5.79. The maximum absolute atomic E-state index is 5.40. The van der Waals surface area contributed by atoms with Crippen molar-refractivity contribution in [1.82, 2.24) is 10.6 Å². The summed E-state index contributed by atoms with van der Waals surface area (Å²) in [4.78, 5) is 4.28. The fourth-order valence-corrected chi connectivity index (χ4v) is 2.94. The fourth-order valence-electron chi connectivity index (χ4n) is 2.94. The van der Waals surface area contributed by atoms with E-state index in [0.29, 0.717) is 23.8 Å². The van der Waals surface area contributed by atoms with Crippen LogP contribution in [0.1, 0.15) is 17.5 Å². The van der Waals surface area contributed by atoms with E-state index in [4.69, 9.17) is 18.9 Å². The second kappa shape index (κ2) is 11.7. The summed E-state index contributed by atoms with van der Waals surface area (Å²) < 4.78 is 21.4. The molecule has 0 aliphatic heterocycles. The molecule has 0 aliphatic rings. The van der Waals surface area contributed by atoms with Gasteiger partial charge in [0.15, 0.2) is 17.5 Å². The molecule has 0 radical (unpaired) electrons. The van der Waals surface area contributed by atoms with E-state index in [1.54, 1.807) is 35.5 Å². The molecule has 29 heavy (non-hydrogen) atoms. The Morgan fingerprint density at radius 3 is 2.00 bits per heavy atom. The highest BCUT2D eigenvalue weighted by Gasteiger charge is 2.13. The lowest BCUT2D eigenvalue weighted by Gasteiger charge is -2.16.